The van der Waals surface area contributed by atoms with Gasteiger partial charge in [-0.25, -0.2) is 8.78 Å². The standard InChI is InChI=1S/C18H24F2N2O2/c19-16-6-1-5-15(17(16)20)18(23)22-8-3-7-21(9-10-22)12-14-4-2-11-24-13-14/h1,5-6,14H,2-4,7-13H2. The van der Waals surface area contributed by atoms with Gasteiger partial charge in [0.2, 0.25) is 0 Å². The zero-order valence-electron chi connectivity index (χ0n) is 13.8. The molecule has 2 aliphatic rings. The van der Waals surface area contributed by atoms with Crippen molar-refractivity contribution in [3.05, 3.63) is 35.4 Å². The van der Waals surface area contributed by atoms with Gasteiger partial charge in [0.05, 0.1) is 12.2 Å². The van der Waals surface area contributed by atoms with Crippen molar-refractivity contribution >= 4 is 5.91 Å². The Morgan fingerprint density at radius 3 is 2.83 bits per heavy atom. The summed E-state index contributed by atoms with van der Waals surface area (Å²) < 4.78 is 32.7. The van der Waals surface area contributed by atoms with Gasteiger partial charge in [0.15, 0.2) is 11.6 Å². The summed E-state index contributed by atoms with van der Waals surface area (Å²) in [6, 6.07) is 3.75. The normalized spacial score (nSPS) is 23.1. The molecule has 0 radical (unpaired) electrons. The first kappa shape index (κ1) is 17.3. The number of amides is 1. The van der Waals surface area contributed by atoms with E-state index in [2.05, 4.69) is 4.90 Å². The molecule has 3 rings (SSSR count). The Morgan fingerprint density at radius 1 is 1.17 bits per heavy atom. The Bertz CT molecular complexity index is 576. The fourth-order valence-corrected chi connectivity index (χ4v) is 3.51. The fraction of sp³-hybridized carbons (Fsp3) is 0.611. The van der Waals surface area contributed by atoms with E-state index in [9.17, 15) is 13.6 Å². The predicted octanol–water partition coefficient (Wildman–Crippen LogP) is 2.54. The van der Waals surface area contributed by atoms with E-state index >= 15 is 0 Å². The number of hydrogen-bond donors (Lipinski definition) is 0. The van der Waals surface area contributed by atoms with Crippen molar-refractivity contribution in [1.29, 1.82) is 0 Å². The minimum Gasteiger partial charge on any atom is -0.381 e. The molecule has 1 aromatic rings. The van der Waals surface area contributed by atoms with E-state index in [0.29, 0.717) is 19.0 Å². The molecule has 2 saturated heterocycles. The fourth-order valence-electron chi connectivity index (χ4n) is 3.51. The minimum absolute atomic E-state index is 0.177. The van der Waals surface area contributed by atoms with Gasteiger partial charge in [0.25, 0.3) is 5.91 Å². The number of benzene rings is 1. The van der Waals surface area contributed by atoms with E-state index in [4.69, 9.17) is 4.74 Å². The topological polar surface area (TPSA) is 32.8 Å². The summed E-state index contributed by atoms with van der Waals surface area (Å²) in [4.78, 5) is 16.5. The molecule has 6 heteroatoms. The summed E-state index contributed by atoms with van der Waals surface area (Å²) in [5, 5.41) is 0. The Labute approximate surface area is 141 Å². The molecule has 1 atom stereocenters. The Balaban J connectivity index is 1.58. The van der Waals surface area contributed by atoms with Gasteiger partial charge in [0, 0.05) is 32.8 Å². The highest BCUT2D eigenvalue weighted by atomic mass is 19.2. The number of halogens is 2. The number of carbonyl (C=O) groups is 1. The van der Waals surface area contributed by atoms with E-state index in [-0.39, 0.29) is 5.56 Å². The van der Waals surface area contributed by atoms with Gasteiger partial charge in [-0.1, -0.05) is 6.07 Å². The van der Waals surface area contributed by atoms with Crippen molar-refractivity contribution in [2.45, 2.75) is 19.3 Å². The van der Waals surface area contributed by atoms with Crippen molar-refractivity contribution in [3.8, 4) is 0 Å². The maximum atomic E-state index is 13.8. The van der Waals surface area contributed by atoms with Crippen LogP contribution in [0.15, 0.2) is 18.2 Å². The number of hydrogen-bond acceptors (Lipinski definition) is 3. The van der Waals surface area contributed by atoms with Gasteiger partial charge in [0.1, 0.15) is 0 Å². The van der Waals surface area contributed by atoms with Crippen LogP contribution >= 0.6 is 0 Å². The lowest BCUT2D eigenvalue weighted by atomic mass is 10.0. The van der Waals surface area contributed by atoms with Crippen molar-refractivity contribution in [2.75, 3.05) is 45.9 Å². The summed E-state index contributed by atoms with van der Waals surface area (Å²) in [6.07, 6.45) is 3.14. The highest BCUT2D eigenvalue weighted by Crippen LogP contribution is 2.18. The summed E-state index contributed by atoms with van der Waals surface area (Å²) in [5.41, 5.74) is -0.177. The van der Waals surface area contributed by atoms with Gasteiger partial charge in [-0.3, -0.25) is 4.79 Å². The average Bonchev–Trinajstić information content (AvgIpc) is 2.83. The van der Waals surface area contributed by atoms with Crippen molar-refractivity contribution < 1.29 is 18.3 Å². The summed E-state index contributed by atoms with van der Waals surface area (Å²) in [6.45, 7) is 5.46. The molecule has 2 heterocycles. The molecule has 1 unspecified atom stereocenters. The molecule has 0 aliphatic carbocycles. The summed E-state index contributed by atoms with van der Waals surface area (Å²) in [7, 11) is 0. The molecule has 24 heavy (non-hydrogen) atoms. The molecule has 0 aromatic heterocycles. The average molecular weight is 338 g/mol. The van der Waals surface area contributed by atoms with Crippen LogP contribution in [0, 0.1) is 17.6 Å². The monoisotopic (exact) mass is 338 g/mol. The van der Waals surface area contributed by atoms with Gasteiger partial charge in [-0.15, -0.1) is 0 Å². The number of nitrogens with zero attached hydrogens (tertiary/aromatic N) is 2. The lowest BCUT2D eigenvalue weighted by Crippen LogP contribution is -2.38. The van der Waals surface area contributed by atoms with Crippen molar-refractivity contribution in [1.82, 2.24) is 9.80 Å². The van der Waals surface area contributed by atoms with Crippen LogP contribution in [0.2, 0.25) is 0 Å². The summed E-state index contributed by atoms with van der Waals surface area (Å²) in [5.74, 6) is -1.89. The minimum atomic E-state index is -1.05. The zero-order chi connectivity index (χ0) is 16.9. The number of ether oxygens (including phenoxy) is 1. The van der Waals surface area contributed by atoms with Gasteiger partial charge in [-0.2, -0.15) is 0 Å². The molecule has 1 amide bonds. The van der Waals surface area contributed by atoms with Gasteiger partial charge >= 0.3 is 0 Å². The van der Waals surface area contributed by atoms with Crippen LogP contribution in [0.5, 0.6) is 0 Å². The maximum Gasteiger partial charge on any atom is 0.256 e. The third-order valence-electron chi connectivity index (χ3n) is 4.83. The molecule has 1 aromatic carbocycles. The summed E-state index contributed by atoms with van der Waals surface area (Å²) >= 11 is 0. The highest BCUT2D eigenvalue weighted by molar-refractivity contribution is 5.94. The lowest BCUT2D eigenvalue weighted by Gasteiger charge is -2.28. The molecule has 2 aliphatic heterocycles. The molecule has 132 valence electrons. The second-order valence-electron chi connectivity index (χ2n) is 6.63. The molecule has 0 N–H and O–H groups in total. The maximum absolute atomic E-state index is 13.8. The van der Waals surface area contributed by atoms with Crippen LogP contribution < -0.4 is 0 Å². The van der Waals surface area contributed by atoms with Crippen LogP contribution in [0.25, 0.3) is 0 Å². The highest BCUT2D eigenvalue weighted by Gasteiger charge is 2.25. The largest absolute Gasteiger partial charge is 0.381 e. The lowest BCUT2D eigenvalue weighted by molar-refractivity contribution is 0.0389. The Hall–Kier alpha value is -1.53. The van der Waals surface area contributed by atoms with Crippen LogP contribution in [0.4, 0.5) is 8.78 Å². The first-order valence-corrected chi connectivity index (χ1v) is 8.68. The molecule has 0 spiro atoms. The quantitative estimate of drug-likeness (QED) is 0.849. The third-order valence-corrected chi connectivity index (χ3v) is 4.83. The number of rotatable bonds is 3. The van der Waals surface area contributed by atoms with Crippen LogP contribution in [0.1, 0.15) is 29.6 Å². The second kappa shape index (κ2) is 8.03. The molecule has 0 saturated carbocycles. The smallest absolute Gasteiger partial charge is 0.256 e. The Morgan fingerprint density at radius 2 is 2.04 bits per heavy atom. The van der Waals surface area contributed by atoms with Crippen LogP contribution in [-0.2, 0) is 4.74 Å². The zero-order valence-corrected chi connectivity index (χ0v) is 13.8. The van der Waals surface area contributed by atoms with Gasteiger partial charge < -0.3 is 14.5 Å². The van der Waals surface area contributed by atoms with Gasteiger partial charge in [-0.05, 0) is 43.9 Å². The molecular formula is C18H24F2N2O2. The number of carbonyl (C=O) groups excluding carboxylic acids is 1. The van der Waals surface area contributed by atoms with E-state index in [1.807, 2.05) is 0 Å². The second-order valence-corrected chi connectivity index (χ2v) is 6.63. The molecule has 0 bridgehead atoms. The Kier molecular flexibility index (Phi) is 5.79. The van der Waals surface area contributed by atoms with E-state index in [0.717, 1.165) is 51.8 Å². The molecule has 4 nitrogen and oxygen atoms in total. The first-order valence-electron chi connectivity index (χ1n) is 8.68. The van der Waals surface area contributed by atoms with Crippen molar-refractivity contribution in [3.63, 3.8) is 0 Å². The van der Waals surface area contributed by atoms with E-state index in [1.54, 1.807) is 4.90 Å². The third kappa shape index (κ3) is 4.11. The SMILES string of the molecule is O=C(c1cccc(F)c1F)N1CCCN(CC2CCCOC2)CC1. The first-order chi connectivity index (χ1) is 11.6. The van der Waals surface area contributed by atoms with Crippen LogP contribution in [-0.4, -0.2) is 61.6 Å². The molecular weight excluding hydrogens is 314 g/mol. The van der Waals surface area contributed by atoms with E-state index < -0.39 is 17.5 Å². The molecule has 2 fully saturated rings. The van der Waals surface area contributed by atoms with E-state index in [1.165, 1.54) is 18.6 Å². The van der Waals surface area contributed by atoms with Crippen LogP contribution in [0.3, 0.4) is 0 Å². The van der Waals surface area contributed by atoms with Crippen molar-refractivity contribution in [2.24, 2.45) is 5.92 Å². The predicted molar refractivity (Wildman–Crippen MR) is 86.9 cm³/mol.